The van der Waals surface area contributed by atoms with E-state index in [0.717, 1.165) is 17.3 Å². The summed E-state index contributed by atoms with van der Waals surface area (Å²) in [5.41, 5.74) is 7.39. The molecule has 1 saturated carbocycles. The molecule has 0 aromatic heterocycles. The quantitative estimate of drug-likeness (QED) is 0.783. The minimum absolute atomic E-state index is 0.0136. The summed E-state index contributed by atoms with van der Waals surface area (Å²) in [7, 11) is 0. The fourth-order valence-electron chi connectivity index (χ4n) is 1.28. The maximum Gasteiger partial charge on any atom is 0.0422 e. The van der Waals surface area contributed by atoms with Crippen molar-refractivity contribution in [3.8, 4) is 0 Å². The molecular formula is C9H9BrIN. The Morgan fingerprint density at radius 2 is 2.08 bits per heavy atom. The van der Waals surface area contributed by atoms with E-state index in [1.165, 1.54) is 9.13 Å². The number of rotatable bonds is 1. The molecule has 1 aliphatic carbocycles. The second kappa shape index (κ2) is 2.96. The SMILES string of the molecule is NC1(c2cc(Br)ccc2I)CC1. The van der Waals surface area contributed by atoms with Gasteiger partial charge in [0.05, 0.1) is 0 Å². The molecule has 0 radical (unpaired) electrons. The van der Waals surface area contributed by atoms with Gasteiger partial charge in [-0.25, -0.2) is 0 Å². The molecule has 0 amide bonds. The average Bonchev–Trinajstić information content (AvgIpc) is 2.75. The van der Waals surface area contributed by atoms with Crippen molar-refractivity contribution in [2.75, 3.05) is 0 Å². The first kappa shape index (κ1) is 8.97. The highest BCUT2D eigenvalue weighted by Crippen LogP contribution is 2.44. The van der Waals surface area contributed by atoms with E-state index in [1.54, 1.807) is 0 Å². The van der Waals surface area contributed by atoms with Gasteiger partial charge in [-0.15, -0.1) is 0 Å². The van der Waals surface area contributed by atoms with E-state index in [-0.39, 0.29) is 5.54 Å². The van der Waals surface area contributed by atoms with Gasteiger partial charge in [0, 0.05) is 13.6 Å². The Morgan fingerprint density at radius 3 is 2.67 bits per heavy atom. The lowest BCUT2D eigenvalue weighted by Crippen LogP contribution is -2.19. The lowest BCUT2D eigenvalue weighted by molar-refractivity contribution is 0.734. The summed E-state index contributed by atoms with van der Waals surface area (Å²) in [4.78, 5) is 0. The third-order valence-corrected chi connectivity index (χ3v) is 3.69. The molecule has 0 bridgehead atoms. The van der Waals surface area contributed by atoms with Crippen molar-refractivity contribution in [2.24, 2.45) is 5.73 Å². The highest BCUT2D eigenvalue weighted by Gasteiger charge is 2.41. The van der Waals surface area contributed by atoms with Crippen LogP contribution in [-0.4, -0.2) is 0 Å². The van der Waals surface area contributed by atoms with Crippen LogP contribution in [0.4, 0.5) is 0 Å². The maximum atomic E-state index is 6.11. The van der Waals surface area contributed by atoms with E-state index in [1.807, 2.05) is 0 Å². The molecule has 2 N–H and O–H groups in total. The Balaban J connectivity index is 2.48. The van der Waals surface area contributed by atoms with Crippen molar-refractivity contribution in [3.63, 3.8) is 0 Å². The Bertz CT molecular complexity index is 320. The van der Waals surface area contributed by atoms with Gasteiger partial charge in [0.1, 0.15) is 0 Å². The Hall–Kier alpha value is 0.390. The summed E-state index contributed by atoms with van der Waals surface area (Å²) in [6.45, 7) is 0. The maximum absolute atomic E-state index is 6.11. The van der Waals surface area contributed by atoms with Gasteiger partial charge in [-0.1, -0.05) is 15.9 Å². The van der Waals surface area contributed by atoms with Crippen LogP contribution >= 0.6 is 38.5 Å². The molecule has 0 aliphatic heterocycles. The standard InChI is InChI=1S/C9H9BrIN/c10-6-1-2-8(11)7(5-6)9(12)3-4-9/h1-2,5H,3-4,12H2. The van der Waals surface area contributed by atoms with Gasteiger partial charge < -0.3 is 5.73 Å². The van der Waals surface area contributed by atoms with E-state index in [4.69, 9.17) is 5.73 Å². The largest absolute Gasteiger partial charge is 0.321 e. The monoisotopic (exact) mass is 337 g/mol. The van der Waals surface area contributed by atoms with E-state index >= 15 is 0 Å². The zero-order valence-corrected chi connectivity index (χ0v) is 10.2. The molecule has 3 heteroatoms. The fourth-order valence-corrected chi connectivity index (χ4v) is 2.52. The van der Waals surface area contributed by atoms with Crippen LogP contribution in [0.2, 0.25) is 0 Å². The van der Waals surface area contributed by atoms with Gasteiger partial charge in [0.2, 0.25) is 0 Å². The van der Waals surface area contributed by atoms with E-state index in [9.17, 15) is 0 Å². The van der Waals surface area contributed by atoms with Gasteiger partial charge in [-0.05, 0) is 59.2 Å². The zero-order chi connectivity index (χ0) is 8.77. The van der Waals surface area contributed by atoms with E-state index in [2.05, 4.69) is 56.7 Å². The first-order valence-electron chi connectivity index (χ1n) is 3.86. The molecule has 1 aromatic carbocycles. The molecular weight excluding hydrogens is 329 g/mol. The van der Waals surface area contributed by atoms with Crippen molar-refractivity contribution in [3.05, 3.63) is 31.8 Å². The summed E-state index contributed by atoms with van der Waals surface area (Å²) in [5.74, 6) is 0. The molecule has 0 heterocycles. The molecule has 1 aliphatic rings. The van der Waals surface area contributed by atoms with Gasteiger partial charge in [-0.2, -0.15) is 0 Å². The van der Waals surface area contributed by atoms with Crippen LogP contribution in [0.5, 0.6) is 0 Å². The fraction of sp³-hybridized carbons (Fsp3) is 0.333. The summed E-state index contributed by atoms with van der Waals surface area (Å²) in [6.07, 6.45) is 2.25. The summed E-state index contributed by atoms with van der Waals surface area (Å²) in [6, 6.07) is 6.29. The molecule has 2 rings (SSSR count). The van der Waals surface area contributed by atoms with Crippen LogP contribution in [0.1, 0.15) is 18.4 Å². The van der Waals surface area contributed by atoms with Gasteiger partial charge in [0.15, 0.2) is 0 Å². The first-order valence-corrected chi connectivity index (χ1v) is 5.73. The average molecular weight is 338 g/mol. The number of hydrogen-bond acceptors (Lipinski definition) is 1. The molecule has 12 heavy (non-hydrogen) atoms. The van der Waals surface area contributed by atoms with Crippen LogP contribution in [0.25, 0.3) is 0 Å². The highest BCUT2D eigenvalue weighted by atomic mass is 127. The van der Waals surface area contributed by atoms with Crippen LogP contribution in [0, 0.1) is 3.57 Å². The smallest absolute Gasteiger partial charge is 0.0422 e. The molecule has 1 nitrogen and oxygen atoms in total. The van der Waals surface area contributed by atoms with Crippen molar-refractivity contribution in [1.29, 1.82) is 0 Å². The number of nitrogens with two attached hydrogens (primary N) is 1. The van der Waals surface area contributed by atoms with Crippen molar-refractivity contribution in [1.82, 2.24) is 0 Å². The Labute approximate surface area is 94.0 Å². The van der Waals surface area contributed by atoms with Gasteiger partial charge in [0.25, 0.3) is 0 Å². The Morgan fingerprint density at radius 1 is 1.42 bits per heavy atom. The highest BCUT2D eigenvalue weighted by molar-refractivity contribution is 14.1. The predicted octanol–water partition coefficient (Wildman–Crippen LogP) is 3.00. The van der Waals surface area contributed by atoms with Crippen LogP contribution in [0.3, 0.4) is 0 Å². The van der Waals surface area contributed by atoms with Crippen molar-refractivity contribution >= 4 is 38.5 Å². The van der Waals surface area contributed by atoms with Crippen LogP contribution in [0.15, 0.2) is 22.7 Å². The summed E-state index contributed by atoms with van der Waals surface area (Å²) < 4.78 is 2.39. The molecule has 1 fully saturated rings. The zero-order valence-electron chi connectivity index (χ0n) is 6.48. The van der Waals surface area contributed by atoms with E-state index < -0.39 is 0 Å². The molecule has 1 aromatic rings. The number of benzene rings is 1. The third-order valence-electron chi connectivity index (χ3n) is 2.25. The molecule has 0 saturated heterocycles. The molecule has 0 unspecified atom stereocenters. The number of halogens is 2. The van der Waals surface area contributed by atoms with Crippen molar-refractivity contribution in [2.45, 2.75) is 18.4 Å². The first-order chi connectivity index (χ1) is 5.62. The van der Waals surface area contributed by atoms with Crippen molar-refractivity contribution < 1.29 is 0 Å². The van der Waals surface area contributed by atoms with Crippen LogP contribution < -0.4 is 5.73 Å². The molecule has 0 spiro atoms. The minimum Gasteiger partial charge on any atom is -0.321 e. The van der Waals surface area contributed by atoms with Gasteiger partial charge >= 0.3 is 0 Å². The number of hydrogen-bond donors (Lipinski definition) is 1. The lowest BCUT2D eigenvalue weighted by atomic mass is 10.1. The van der Waals surface area contributed by atoms with Crippen LogP contribution in [-0.2, 0) is 5.54 Å². The second-order valence-corrected chi connectivity index (χ2v) is 5.36. The lowest BCUT2D eigenvalue weighted by Gasteiger charge is -2.11. The third kappa shape index (κ3) is 1.54. The van der Waals surface area contributed by atoms with E-state index in [0.29, 0.717) is 0 Å². The second-order valence-electron chi connectivity index (χ2n) is 3.28. The topological polar surface area (TPSA) is 26.0 Å². The molecule has 0 atom stereocenters. The molecule has 64 valence electrons. The Kier molecular flexibility index (Phi) is 2.21. The normalized spacial score (nSPS) is 19.2. The minimum atomic E-state index is -0.0136. The summed E-state index contributed by atoms with van der Waals surface area (Å²) in [5, 5.41) is 0. The summed E-state index contributed by atoms with van der Waals surface area (Å²) >= 11 is 5.80. The predicted molar refractivity (Wildman–Crippen MR) is 62.0 cm³/mol. The van der Waals surface area contributed by atoms with Gasteiger partial charge in [-0.3, -0.25) is 0 Å².